The fourth-order valence-electron chi connectivity index (χ4n) is 7.72. The topological polar surface area (TPSA) is 50.1 Å². The fraction of sp³-hybridized carbons (Fsp3) is 0.826. The van der Waals surface area contributed by atoms with E-state index in [2.05, 4.69) is 19.9 Å². The Morgan fingerprint density at radius 3 is 2.69 bits per heavy atom. The third kappa shape index (κ3) is 2.63. The van der Waals surface area contributed by atoms with Crippen LogP contribution in [0.3, 0.4) is 0 Å². The molecule has 0 radical (unpaired) electrons. The van der Waals surface area contributed by atoms with Gasteiger partial charge < -0.3 is 4.74 Å². The molecule has 0 aromatic rings. The standard InChI is InChI=1S/C23H33NO2/c1-15(25)26-18-8-11-23(3)17(14-18)4-6-19-20-7-5-16(10-13-24)22(20,2)12-9-21(19)23/h10,17-21H,4-9,11-12,14H2,1-3H3. The molecule has 3 nitrogen and oxygen atoms in total. The quantitative estimate of drug-likeness (QED) is 0.467. The predicted molar refractivity (Wildman–Crippen MR) is 101 cm³/mol. The Kier molecular flexibility index (Phi) is 4.45. The number of nitriles is 1. The van der Waals surface area contributed by atoms with Crippen molar-refractivity contribution in [2.24, 2.45) is 34.5 Å². The lowest BCUT2D eigenvalue weighted by Gasteiger charge is -2.60. The minimum Gasteiger partial charge on any atom is -0.463 e. The van der Waals surface area contributed by atoms with Gasteiger partial charge in [0.1, 0.15) is 6.10 Å². The molecule has 0 N–H and O–H groups in total. The molecule has 4 fully saturated rings. The lowest BCUT2D eigenvalue weighted by molar-refractivity contribution is -0.158. The van der Waals surface area contributed by atoms with Gasteiger partial charge in [0.15, 0.2) is 0 Å². The van der Waals surface area contributed by atoms with Crippen molar-refractivity contribution in [3.8, 4) is 6.07 Å². The van der Waals surface area contributed by atoms with Crippen LogP contribution < -0.4 is 0 Å². The summed E-state index contributed by atoms with van der Waals surface area (Å²) in [6.07, 6.45) is 12.9. The summed E-state index contributed by atoms with van der Waals surface area (Å²) < 4.78 is 5.57. The Hall–Kier alpha value is -1.30. The maximum atomic E-state index is 11.4. The molecule has 0 heterocycles. The number of hydrogen-bond donors (Lipinski definition) is 0. The highest BCUT2D eigenvalue weighted by Gasteiger charge is 2.59. The third-order valence-electron chi connectivity index (χ3n) is 9.04. The number of nitrogens with zero attached hydrogens (tertiary/aromatic N) is 1. The first kappa shape index (κ1) is 18.1. The van der Waals surface area contributed by atoms with E-state index in [1.165, 1.54) is 44.1 Å². The number of carbonyl (C=O) groups is 1. The molecule has 4 saturated carbocycles. The van der Waals surface area contributed by atoms with Crippen molar-refractivity contribution in [2.75, 3.05) is 0 Å². The molecule has 0 amide bonds. The lowest BCUT2D eigenvalue weighted by Crippen LogP contribution is -2.53. The van der Waals surface area contributed by atoms with E-state index < -0.39 is 0 Å². The summed E-state index contributed by atoms with van der Waals surface area (Å²) in [7, 11) is 0. The van der Waals surface area contributed by atoms with Gasteiger partial charge in [0.25, 0.3) is 0 Å². The van der Waals surface area contributed by atoms with E-state index in [0.29, 0.717) is 11.3 Å². The molecular formula is C23H33NO2. The second kappa shape index (κ2) is 6.39. The van der Waals surface area contributed by atoms with Gasteiger partial charge >= 0.3 is 5.97 Å². The first-order valence-corrected chi connectivity index (χ1v) is 10.6. The average Bonchev–Trinajstić information content (AvgIpc) is 2.92. The zero-order valence-corrected chi connectivity index (χ0v) is 16.6. The van der Waals surface area contributed by atoms with Crippen molar-refractivity contribution < 1.29 is 9.53 Å². The Bertz CT molecular complexity index is 662. The van der Waals surface area contributed by atoms with Gasteiger partial charge in [0.2, 0.25) is 0 Å². The van der Waals surface area contributed by atoms with Crippen molar-refractivity contribution in [1.82, 2.24) is 0 Å². The van der Waals surface area contributed by atoms with Crippen molar-refractivity contribution >= 4 is 5.97 Å². The van der Waals surface area contributed by atoms with Gasteiger partial charge in [-0.25, -0.2) is 0 Å². The van der Waals surface area contributed by atoms with E-state index in [-0.39, 0.29) is 17.5 Å². The molecule has 0 saturated heterocycles. The maximum Gasteiger partial charge on any atom is 0.302 e. The SMILES string of the molecule is CC(=O)OC1CCC2(C)C(CCC3C4CCC(=CC#N)C4(C)CCC32)C1. The van der Waals surface area contributed by atoms with E-state index in [0.717, 1.165) is 37.0 Å². The van der Waals surface area contributed by atoms with E-state index in [9.17, 15) is 10.1 Å². The molecule has 0 spiro atoms. The van der Waals surface area contributed by atoms with Crippen molar-refractivity contribution in [2.45, 2.75) is 84.7 Å². The fourth-order valence-corrected chi connectivity index (χ4v) is 7.72. The second-order valence-electron chi connectivity index (χ2n) is 9.96. The normalized spacial score (nSPS) is 48.8. The first-order chi connectivity index (χ1) is 12.4. The van der Waals surface area contributed by atoms with Crippen molar-refractivity contribution in [3.63, 3.8) is 0 Å². The lowest BCUT2D eigenvalue weighted by atomic mass is 9.45. The summed E-state index contributed by atoms with van der Waals surface area (Å²) >= 11 is 0. The minimum absolute atomic E-state index is 0.122. The van der Waals surface area contributed by atoms with Gasteiger partial charge in [-0.05, 0) is 92.3 Å². The van der Waals surface area contributed by atoms with Gasteiger partial charge in [0.05, 0.1) is 6.07 Å². The van der Waals surface area contributed by atoms with Crippen LogP contribution in [0.5, 0.6) is 0 Å². The summed E-state index contributed by atoms with van der Waals surface area (Å²) in [4.78, 5) is 11.4. The summed E-state index contributed by atoms with van der Waals surface area (Å²) in [5.41, 5.74) is 2.12. The number of hydrogen-bond acceptors (Lipinski definition) is 3. The number of ether oxygens (including phenoxy) is 1. The van der Waals surface area contributed by atoms with Crippen LogP contribution in [-0.2, 0) is 9.53 Å². The van der Waals surface area contributed by atoms with Crippen molar-refractivity contribution in [3.05, 3.63) is 11.6 Å². The molecule has 4 rings (SSSR count). The van der Waals surface area contributed by atoms with Crippen LogP contribution in [-0.4, -0.2) is 12.1 Å². The average molecular weight is 356 g/mol. The maximum absolute atomic E-state index is 11.4. The van der Waals surface area contributed by atoms with Crippen LogP contribution in [0, 0.1) is 45.8 Å². The van der Waals surface area contributed by atoms with Crippen LogP contribution in [0.25, 0.3) is 0 Å². The molecule has 0 aromatic heterocycles. The van der Waals surface area contributed by atoms with Crippen LogP contribution in [0.1, 0.15) is 78.6 Å². The zero-order valence-electron chi connectivity index (χ0n) is 16.6. The van der Waals surface area contributed by atoms with E-state index in [1.54, 1.807) is 6.92 Å². The smallest absolute Gasteiger partial charge is 0.302 e. The summed E-state index contributed by atoms with van der Waals surface area (Å²) in [5.74, 6) is 3.00. The summed E-state index contributed by atoms with van der Waals surface area (Å²) in [5, 5.41) is 9.18. The van der Waals surface area contributed by atoms with Crippen LogP contribution in [0.15, 0.2) is 11.6 Å². The number of rotatable bonds is 1. The van der Waals surface area contributed by atoms with Crippen LogP contribution in [0.4, 0.5) is 0 Å². The zero-order chi connectivity index (χ0) is 18.5. The van der Waals surface area contributed by atoms with Crippen molar-refractivity contribution in [1.29, 1.82) is 5.26 Å². The van der Waals surface area contributed by atoms with Gasteiger partial charge in [-0.1, -0.05) is 19.4 Å². The highest BCUT2D eigenvalue weighted by Crippen LogP contribution is 2.67. The third-order valence-corrected chi connectivity index (χ3v) is 9.04. The highest BCUT2D eigenvalue weighted by atomic mass is 16.5. The molecule has 26 heavy (non-hydrogen) atoms. The molecular weight excluding hydrogens is 322 g/mol. The number of carbonyl (C=O) groups excluding carboxylic acids is 1. The Labute approximate surface area is 158 Å². The monoisotopic (exact) mass is 355 g/mol. The minimum atomic E-state index is -0.122. The highest BCUT2D eigenvalue weighted by molar-refractivity contribution is 5.66. The predicted octanol–water partition coefficient (Wildman–Crippen LogP) is 5.41. The Morgan fingerprint density at radius 2 is 1.96 bits per heavy atom. The van der Waals surface area contributed by atoms with Crippen LogP contribution in [0.2, 0.25) is 0 Å². The molecule has 7 atom stereocenters. The first-order valence-electron chi connectivity index (χ1n) is 10.6. The molecule has 4 aliphatic rings. The molecule has 0 aromatic carbocycles. The molecule has 3 heteroatoms. The van der Waals surface area contributed by atoms with Gasteiger partial charge in [-0.15, -0.1) is 0 Å². The largest absolute Gasteiger partial charge is 0.463 e. The molecule has 0 bridgehead atoms. The van der Waals surface area contributed by atoms with Gasteiger partial charge in [0, 0.05) is 13.0 Å². The molecule has 142 valence electrons. The number of esters is 1. The molecule has 4 aliphatic carbocycles. The summed E-state index contributed by atoms with van der Waals surface area (Å²) in [6, 6.07) is 2.31. The van der Waals surface area contributed by atoms with E-state index in [1.807, 2.05) is 6.08 Å². The number of fused-ring (bicyclic) bond motifs is 5. The van der Waals surface area contributed by atoms with Gasteiger partial charge in [-0.3, -0.25) is 4.79 Å². The Balaban J connectivity index is 1.55. The Morgan fingerprint density at radius 1 is 1.15 bits per heavy atom. The van der Waals surface area contributed by atoms with E-state index >= 15 is 0 Å². The molecule has 7 unspecified atom stereocenters. The number of allylic oxidation sites excluding steroid dienone is 2. The summed E-state index contributed by atoms with van der Waals surface area (Å²) in [6.45, 7) is 6.53. The van der Waals surface area contributed by atoms with Gasteiger partial charge in [-0.2, -0.15) is 5.26 Å². The second-order valence-corrected chi connectivity index (χ2v) is 9.96. The molecule has 0 aliphatic heterocycles. The van der Waals surface area contributed by atoms with Crippen LogP contribution >= 0.6 is 0 Å². The van der Waals surface area contributed by atoms with E-state index in [4.69, 9.17) is 4.74 Å².